The largest absolute Gasteiger partial charge is 0.400 e. The molecule has 9 heteroatoms. The van der Waals surface area contributed by atoms with E-state index in [4.69, 9.17) is 28.3 Å². The van der Waals surface area contributed by atoms with Gasteiger partial charge in [-0.25, -0.2) is 4.39 Å². The summed E-state index contributed by atoms with van der Waals surface area (Å²) in [4.78, 5) is 28.2. The van der Waals surface area contributed by atoms with E-state index in [1.54, 1.807) is 24.3 Å². The number of aliphatic hydroxyl groups excluding tert-OH is 1. The van der Waals surface area contributed by atoms with Crippen molar-refractivity contribution in [3.63, 3.8) is 0 Å². The maximum Gasteiger partial charge on any atom is 0.238 e. The van der Waals surface area contributed by atoms with E-state index >= 15 is 4.39 Å². The smallest absolute Gasteiger partial charge is 0.238 e. The van der Waals surface area contributed by atoms with Crippen LogP contribution in [0.3, 0.4) is 0 Å². The summed E-state index contributed by atoms with van der Waals surface area (Å²) in [6.07, 6.45) is 5.08. The molecule has 0 aromatic heterocycles. The van der Waals surface area contributed by atoms with E-state index in [9.17, 15) is 9.59 Å². The molecule has 2 amide bonds. The van der Waals surface area contributed by atoms with Gasteiger partial charge in [0.15, 0.2) is 0 Å². The minimum Gasteiger partial charge on any atom is -0.400 e. The summed E-state index contributed by atoms with van der Waals surface area (Å²) < 4.78 is 15.8. The van der Waals surface area contributed by atoms with E-state index in [1.807, 2.05) is 36.4 Å². The number of anilines is 1. The quantitative estimate of drug-likeness (QED) is 0.309. The lowest BCUT2D eigenvalue weighted by Gasteiger charge is -2.36. The Morgan fingerprint density at radius 2 is 1.73 bits per heavy atom. The van der Waals surface area contributed by atoms with E-state index in [-0.39, 0.29) is 28.4 Å². The van der Waals surface area contributed by atoms with Crippen molar-refractivity contribution in [2.75, 3.05) is 12.4 Å². The molecule has 4 N–H and O–H groups in total. The Balaban J connectivity index is 0.00000158. The predicted octanol–water partition coefficient (Wildman–Crippen LogP) is 5.88. The molecule has 3 aliphatic rings. The monoisotopic (exact) mass is 583 g/mol. The van der Waals surface area contributed by atoms with Gasteiger partial charge in [-0.15, -0.1) is 0 Å². The molecule has 40 heavy (non-hydrogen) atoms. The molecule has 3 aromatic rings. The van der Waals surface area contributed by atoms with Crippen LogP contribution >= 0.6 is 23.2 Å². The predicted molar refractivity (Wildman–Crippen MR) is 155 cm³/mol. The number of hydrogen-bond acceptors (Lipinski definition) is 4. The van der Waals surface area contributed by atoms with Crippen molar-refractivity contribution in [3.05, 3.63) is 99.3 Å². The molecule has 6 nitrogen and oxygen atoms in total. The summed E-state index contributed by atoms with van der Waals surface area (Å²) in [6, 6.07) is 18.1. The third kappa shape index (κ3) is 4.79. The van der Waals surface area contributed by atoms with Gasteiger partial charge in [0.25, 0.3) is 0 Å². The van der Waals surface area contributed by atoms with Crippen molar-refractivity contribution in [3.8, 4) is 0 Å². The summed E-state index contributed by atoms with van der Waals surface area (Å²) in [5, 5.41) is 17.1. The molecule has 0 bridgehead atoms. The van der Waals surface area contributed by atoms with E-state index < -0.39 is 29.2 Å². The summed E-state index contributed by atoms with van der Waals surface area (Å²) in [5.41, 5.74) is 0.953. The molecule has 4 unspecified atom stereocenters. The Morgan fingerprint density at radius 1 is 1.00 bits per heavy atom. The third-order valence-corrected chi connectivity index (χ3v) is 8.89. The Labute approximate surface area is 243 Å². The first-order valence-electron chi connectivity index (χ1n) is 13.5. The number of amides is 2. The van der Waals surface area contributed by atoms with Crippen molar-refractivity contribution in [1.82, 2.24) is 10.6 Å². The van der Waals surface area contributed by atoms with Gasteiger partial charge in [-0.05, 0) is 47.7 Å². The van der Waals surface area contributed by atoms with Gasteiger partial charge in [0.2, 0.25) is 11.8 Å². The van der Waals surface area contributed by atoms with Crippen LogP contribution in [0.15, 0.2) is 66.7 Å². The van der Waals surface area contributed by atoms with Gasteiger partial charge in [-0.3, -0.25) is 14.9 Å². The van der Waals surface area contributed by atoms with E-state index in [1.165, 1.54) is 6.07 Å². The molecular formula is C31H32Cl2FN3O3. The van der Waals surface area contributed by atoms with Crippen LogP contribution in [0.5, 0.6) is 0 Å². The van der Waals surface area contributed by atoms with Crippen LogP contribution < -0.4 is 16.0 Å². The minimum atomic E-state index is -1.33. The standard InChI is InChI=1S/C30H28Cl2FN3O2.CH4O/c31-18-14-15-21-23(16-18)35-29(38)30(21)24(20-12-7-13-22(32)25(20)33)26(28(37)34-19-10-5-2-6-11-19)36-27(30)17-8-3-1-4-9-17;1-2/h1,3-4,7-9,12-16,19,24,26-27,36H,2,5-6,10-11H2,(H,34,37)(H,35,38);2H,1H3. The zero-order valence-electron chi connectivity index (χ0n) is 22.1. The van der Waals surface area contributed by atoms with Gasteiger partial charge in [-0.2, -0.15) is 0 Å². The van der Waals surface area contributed by atoms with E-state index in [2.05, 4.69) is 16.0 Å². The fraction of sp³-hybridized carbons (Fsp3) is 0.355. The molecule has 3 aromatic carbocycles. The highest BCUT2D eigenvalue weighted by Gasteiger charge is 2.66. The van der Waals surface area contributed by atoms with Gasteiger partial charge in [0, 0.05) is 29.8 Å². The number of halogens is 3. The average Bonchev–Trinajstić information content (AvgIpc) is 3.47. The number of nitrogens with one attached hydrogen (secondary N) is 3. The van der Waals surface area contributed by atoms with Crippen molar-refractivity contribution in [2.45, 2.75) is 61.6 Å². The van der Waals surface area contributed by atoms with Gasteiger partial charge in [-0.1, -0.05) is 91.0 Å². The minimum absolute atomic E-state index is 0.0537. The lowest BCUT2D eigenvalue weighted by atomic mass is 9.63. The van der Waals surface area contributed by atoms with Crippen LogP contribution in [-0.4, -0.2) is 36.1 Å². The normalized spacial score (nSPS) is 25.6. The highest BCUT2D eigenvalue weighted by Crippen LogP contribution is 2.60. The molecule has 210 valence electrons. The number of carbonyl (C=O) groups is 2. The highest BCUT2D eigenvalue weighted by atomic mass is 35.5. The first kappa shape index (κ1) is 28.6. The lowest BCUT2D eigenvalue weighted by molar-refractivity contribution is -0.124. The zero-order chi connectivity index (χ0) is 28.4. The molecule has 1 saturated heterocycles. The second-order valence-corrected chi connectivity index (χ2v) is 11.3. The van der Waals surface area contributed by atoms with Crippen molar-refractivity contribution < 1.29 is 19.1 Å². The van der Waals surface area contributed by atoms with E-state index in [0.717, 1.165) is 44.8 Å². The molecule has 6 rings (SSSR count). The van der Waals surface area contributed by atoms with Crippen LogP contribution in [0.2, 0.25) is 10.0 Å². The Bertz CT molecular complexity index is 1400. The Hall–Kier alpha value is -2.97. The molecule has 1 aliphatic carbocycles. The maximum atomic E-state index is 15.8. The van der Waals surface area contributed by atoms with E-state index in [0.29, 0.717) is 16.3 Å². The maximum absolute atomic E-state index is 15.8. The summed E-state index contributed by atoms with van der Waals surface area (Å²) in [6.45, 7) is 0. The average molecular weight is 585 g/mol. The summed E-state index contributed by atoms with van der Waals surface area (Å²) in [5.74, 6) is -2.06. The van der Waals surface area contributed by atoms with Crippen LogP contribution in [-0.2, 0) is 15.0 Å². The molecule has 1 saturated carbocycles. The first-order valence-corrected chi connectivity index (χ1v) is 14.3. The first-order chi connectivity index (χ1) is 19.4. The fourth-order valence-corrected chi connectivity index (χ4v) is 7.08. The summed E-state index contributed by atoms with van der Waals surface area (Å²) >= 11 is 12.6. The second-order valence-electron chi connectivity index (χ2n) is 10.5. The molecule has 2 aliphatic heterocycles. The molecule has 4 atom stereocenters. The number of benzene rings is 3. The van der Waals surface area contributed by atoms with Gasteiger partial charge in [0.05, 0.1) is 17.1 Å². The number of carbonyl (C=O) groups excluding carboxylic acids is 2. The van der Waals surface area contributed by atoms with Gasteiger partial charge in [0.1, 0.15) is 11.2 Å². The SMILES string of the molecule is CO.O=C(NC1CCCCC1)C1NC(c2ccccc2)C2(C(=O)Nc3cc(Cl)ccc32)C1c1cccc(Cl)c1F. The fourth-order valence-electron chi connectivity index (χ4n) is 6.73. The van der Waals surface area contributed by atoms with Crippen LogP contribution in [0.4, 0.5) is 10.1 Å². The van der Waals surface area contributed by atoms with Crippen molar-refractivity contribution in [1.29, 1.82) is 0 Å². The molecular weight excluding hydrogens is 552 g/mol. The summed E-state index contributed by atoms with van der Waals surface area (Å²) in [7, 11) is 1.00. The number of fused-ring (bicyclic) bond motifs is 2. The molecule has 1 spiro atoms. The van der Waals surface area contributed by atoms with Gasteiger partial charge < -0.3 is 15.7 Å². The number of aliphatic hydroxyl groups is 1. The Morgan fingerprint density at radius 3 is 2.45 bits per heavy atom. The molecule has 2 fully saturated rings. The van der Waals surface area contributed by atoms with Crippen LogP contribution in [0.25, 0.3) is 0 Å². The number of hydrogen-bond donors (Lipinski definition) is 4. The Kier molecular flexibility index (Phi) is 8.47. The molecule has 0 radical (unpaired) electrons. The molecule has 2 heterocycles. The highest BCUT2D eigenvalue weighted by molar-refractivity contribution is 6.31. The van der Waals surface area contributed by atoms with Crippen molar-refractivity contribution >= 4 is 40.7 Å². The van der Waals surface area contributed by atoms with Crippen molar-refractivity contribution in [2.24, 2.45) is 0 Å². The van der Waals surface area contributed by atoms with Crippen LogP contribution in [0, 0.1) is 5.82 Å². The number of rotatable bonds is 4. The zero-order valence-corrected chi connectivity index (χ0v) is 23.6. The van der Waals surface area contributed by atoms with Crippen LogP contribution in [0.1, 0.15) is 60.8 Å². The lowest BCUT2D eigenvalue weighted by Crippen LogP contribution is -2.49. The second kappa shape index (κ2) is 11.9. The topological polar surface area (TPSA) is 90.5 Å². The third-order valence-electron chi connectivity index (χ3n) is 8.36. The van der Waals surface area contributed by atoms with Gasteiger partial charge >= 0.3 is 0 Å².